The number of nitrogens with zero attached hydrogens (tertiary/aromatic N) is 2. The minimum atomic E-state index is 0. The molecule has 0 unspecified atom stereocenters. The zero-order valence-corrected chi connectivity index (χ0v) is 19.3. The fraction of sp³-hybridized carbons (Fsp3) is 0.684. The van der Waals surface area contributed by atoms with Crippen molar-refractivity contribution in [2.24, 2.45) is 10.9 Å². The molecule has 0 aromatic carbocycles. The number of ether oxygens (including phenoxy) is 3. The predicted molar refractivity (Wildman–Crippen MR) is 120 cm³/mol. The summed E-state index contributed by atoms with van der Waals surface area (Å²) in [5.74, 6) is 2.02. The molecule has 0 aliphatic heterocycles. The number of aromatic nitrogens is 1. The van der Waals surface area contributed by atoms with Crippen LogP contribution in [-0.2, 0) is 16.0 Å². The third-order valence-corrected chi connectivity index (χ3v) is 3.51. The number of halogens is 1. The molecule has 0 saturated heterocycles. The lowest BCUT2D eigenvalue weighted by Crippen LogP contribution is -2.39. The highest BCUT2D eigenvalue weighted by Crippen LogP contribution is 2.15. The lowest BCUT2D eigenvalue weighted by atomic mass is 10.1. The molecule has 0 spiro atoms. The largest absolute Gasteiger partial charge is 0.475 e. The summed E-state index contributed by atoms with van der Waals surface area (Å²) in [6.07, 6.45) is 2.80. The molecule has 0 bridgehead atoms. The Hall–Kier alpha value is -1.13. The van der Waals surface area contributed by atoms with Gasteiger partial charge in [-0.2, -0.15) is 0 Å². The van der Waals surface area contributed by atoms with Crippen molar-refractivity contribution in [2.45, 2.75) is 33.7 Å². The molecule has 0 amide bonds. The highest BCUT2D eigenvalue weighted by atomic mass is 127. The van der Waals surface area contributed by atoms with Gasteiger partial charge in [-0.05, 0) is 25.3 Å². The standard InChI is InChI=1S/C19H34N4O3.HI/c1-5-20-19(22-10-12-25-11-8-16(2)3)23-15-17-7-6-9-21-18(17)26-14-13-24-4;/h6-7,9,16H,5,8,10-15H2,1-4H3,(H2,20,22,23);1H. The zero-order valence-electron chi connectivity index (χ0n) is 17.0. The van der Waals surface area contributed by atoms with Crippen molar-refractivity contribution < 1.29 is 14.2 Å². The summed E-state index contributed by atoms with van der Waals surface area (Å²) in [6, 6.07) is 3.86. The van der Waals surface area contributed by atoms with Gasteiger partial charge in [0.25, 0.3) is 0 Å². The Bertz CT molecular complexity index is 515. The van der Waals surface area contributed by atoms with Crippen molar-refractivity contribution in [1.82, 2.24) is 15.6 Å². The molecule has 0 atom stereocenters. The second-order valence-corrected chi connectivity index (χ2v) is 6.23. The number of hydrogen-bond donors (Lipinski definition) is 2. The van der Waals surface area contributed by atoms with E-state index in [0.717, 1.165) is 31.1 Å². The van der Waals surface area contributed by atoms with E-state index in [1.54, 1.807) is 13.3 Å². The minimum absolute atomic E-state index is 0. The van der Waals surface area contributed by atoms with E-state index in [0.29, 0.717) is 44.7 Å². The van der Waals surface area contributed by atoms with Gasteiger partial charge in [0.15, 0.2) is 5.96 Å². The lowest BCUT2D eigenvalue weighted by molar-refractivity contribution is 0.128. The Morgan fingerprint density at radius 2 is 2.00 bits per heavy atom. The molecule has 8 heteroatoms. The Kier molecular flexibility index (Phi) is 16.3. The van der Waals surface area contributed by atoms with Crippen LogP contribution in [0.2, 0.25) is 0 Å². The van der Waals surface area contributed by atoms with E-state index in [-0.39, 0.29) is 24.0 Å². The molecule has 1 rings (SSSR count). The number of aliphatic imine (C=N–C) groups is 1. The predicted octanol–water partition coefficient (Wildman–Crippen LogP) is 2.84. The molecule has 0 aliphatic rings. The number of pyridine rings is 1. The van der Waals surface area contributed by atoms with Crippen molar-refractivity contribution in [2.75, 3.05) is 46.6 Å². The Morgan fingerprint density at radius 3 is 2.70 bits per heavy atom. The number of hydrogen-bond acceptors (Lipinski definition) is 5. The first kappa shape index (κ1) is 25.9. The number of guanidine groups is 1. The average Bonchev–Trinajstić information content (AvgIpc) is 2.63. The van der Waals surface area contributed by atoms with Crippen LogP contribution in [0.1, 0.15) is 32.8 Å². The molecule has 156 valence electrons. The number of rotatable bonds is 13. The van der Waals surface area contributed by atoms with Gasteiger partial charge < -0.3 is 24.8 Å². The van der Waals surface area contributed by atoms with Gasteiger partial charge >= 0.3 is 0 Å². The van der Waals surface area contributed by atoms with E-state index < -0.39 is 0 Å². The average molecular weight is 494 g/mol. The van der Waals surface area contributed by atoms with Crippen LogP contribution < -0.4 is 15.4 Å². The summed E-state index contributed by atoms with van der Waals surface area (Å²) >= 11 is 0. The van der Waals surface area contributed by atoms with Crippen LogP contribution in [0.25, 0.3) is 0 Å². The maximum Gasteiger partial charge on any atom is 0.218 e. The summed E-state index contributed by atoms with van der Waals surface area (Å²) in [5, 5.41) is 6.52. The van der Waals surface area contributed by atoms with Gasteiger partial charge in [-0.15, -0.1) is 24.0 Å². The Balaban J connectivity index is 0.00000676. The van der Waals surface area contributed by atoms with Crippen molar-refractivity contribution in [3.63, 3.8) is 0 Å². The quantitative estimate of drug-likeness (QED) is 0.190. The highest BCUT2D eigenvalue weighted by Gasteiger charge is 2.05. The molecule has 1 heterocycles. The first-order valence-corrected chi connectivity index (χ1v) is 9.32. The molecule has 0 radical (unpaired) electrons. The minimum Gasteiger partial charge on any atom is -0.475 e. The van der Waals surface area contributed by atoms with E-state index in [1.165, 1.54) is 0 Å². The zero-order chi connectivity index (χ0) is 19.0. The van der Waals surface area contributed by atoms with Crippen LogP contribution in [0.3, 0.4) is 0 Å². The molecule has 2 N–H and O–H groups in total. The summed E-state index contributed by atoms with van der Waals surface area (Å²) in [7, 11) is 1.65. The van der Waals surface area contributed by atoms with Gasteiger partial charge in [0.05, 0.1) is 19.8 Å². The molecule has 0 aliphatic carbocycles. The second kappa shape index (κ2) is 17.0. The monoisotopic (exact) mass is 494 g/mol. The van der Waals surface area contributed by atoms with Crippen molar-refractivity contribution in [3.8, 4) is 5.88 Å². The lowest BCUT2D eigenvalue weighted by Gasteiger charge is -2.13. The Morgan fingerprint density at radius 1 is 1.19 bits per heavy atom. The van der Waals surface area contributed by atoms with Crippen molar-refractivity contribution in [3.05, 3.63) is 23.9 Å². The first-order valence-electron chi connectivity index (χ1n) is 9.32. The maximum atomic E-state index is 5.65. The molecule has 1 aromatic rings. The van der Waals surface area contributed by atoms with Crippen LogP contribution in [-0.4, -0.2) is 57.6 Å². The molecule has 7 nitrogen and oxygen atoms in total. The second-order valence-electron chi connectivity index (χ2n) is 6.23. The Labute approximate surface area is 180 Å². The number of methoxy groups -OCH3 is 1. The van der Waals surface area contributed by atoms with Crippen LogP contribution >= 0.6 is 24.0 Å². The van der Waals surface area contributed by atoms with Crippen LogP contribution in [0, 0.1) is 5.92 Å². The van der Waals surface area contributed by atoms with Gasteiger partial charge in [0, 0.05) is 38.6 Å². The van der Waals surface area contributed by atoms with Crippen molar-refractivity contribution in [1.29, 1.82) is 0 Å². The smallest absolute Gasteiger partial charge is 0.218 e. The molecular weight excluding hydrogens is 459 g/mol. The van der Waals surface area contributed by atoms with Gasteiger partial charge in [-0.1, -0.05) is 19.9 Å². The first-order chi connectivity index (χ1) is 12.7. The SMILES string of the molecule is CCNC(=NCc1cccnc1OCCOC)NCCOCCC(C)C.I. The molecule has 27 heavy (non-hydrogen) atoms. The van der Waals surface area contributed by atoms with Gasteiger partial charge in [0.2, 0.25) is 5.88 Å². The summed E-state index contributed by atoms with van der Waals surface area (Å²) in [6.45, 7) is 10.9. The highest BCUT2D eigenvalue weighted by molar-refractivity contribution is 14.0. The van der Waals surface area contributed by atoms with Crippen LogP contribution in [0.5, 0.6) is 5.88 Å². The summed E-state index contributed by atoms with van der Waals surface area (Å²) in [4.78, 5) is 8.88. The molecular formula is C19H35IN4O3. The topological polar surface area (TPSA) is 77.0 Å². The summed E-state index contributed by atoms with van der Waals surface area (Å²) < 4.78 is 16.3. The fourth-order valence-electron chi connectivity index (χ4n) is 2.06. The molecule has 0 fully saturated rings. The van der Waals surface area contributed by atoms with Gasteiger partial charge in [-0.3, -0.25) is 0 Å². The van der Waals surface area contributed by atoms with E-state index in [9.17, 15) is 0 Å². The van der Waals surface area contributed by atoms with E-state index in [1.807, 2.05) is 19.1 Å². The van der Waals surface area contributed by atoms with Gasteiger partial charge in [0.1, 0.15) is 6.61 Å². The normalized spacial score (nSPS) is 11.2. The molecule has 0 saturated carbocycles. The maximum absolute atomic E-state index is 5.65. The number of nitrogens with one attached hydrogen (secondary N) is 2. The summed E-state index contributed by atoms with van der Waals surface area (Å²) in [5.41, 5.74) is 0.939. The van der Waals surface area contributed by atoms with E-state index in [4.69, 9.17) is 14.2 Å². The van der Waals surface area contributed by atoms with Crippen LogP contribution in [0.4, 0.5) is 0 Å². The third kappa shape index (κ3) is 12.8. The third-order valence-electron chi connectivity index (χ3n) is 3.51. The van der Waals surface area contributed by atoms with Gasteiger partial charge in [-0.25, -0.2) is 9.98 Å². The van der Waals surface area contributed by atoms with E-state index >= 15 is 0 Å². The fourth-order valence-corrected chi connectivity index (χ4v) is 2.06. The van der Waals surface area contributed by atoms with Crippen molar-refractivity contribution >= 4 is 29.9 Å². The molecule has 1 aromatic heterocycles. The van der Waals surface area contributed by atoms with E-state index in [2.05, 4.69) is 34.5 Å². The van der Waals surface area contributed by atoms with Crippen LogP contribution in [0.15, 0.2) is 23.3 Å².